The van der Waals surface area contributed by atoms with E-state index in [0.29, 0.717) is 5.41 Å². The summed E-state index contributed by atoms with van der Waals surface area (Å²) < 4.78 is 0. The van der Waals surface area contributed by atoms with Gasteiger partial charge in [0.2, 0.25) is 0 Å². The van der Waals surface area contributed by atoms with Gasteiger partial charge in [-0.2, -0.15) is 0 Å². The number of rotatable bonds is 6. The van der Waals surface area contributed by atoms with E-state index in [9.17, 15) is 0 Å². The van der Waals surface area contributed by atoms with Crippen molar-refractivity contribution < 1.29 is 0 Å². The summed E-state index contributed by atoms with van der Waals surface area (Å²) >= 11 is 0. The predicted octanol–water partition coefficient (Wildman–Crippen LogP) is 2.62. The highest BCUT2D eigenvalue weighted by atomic mass is 15.2. The van der Waals surface area contributed by atoms with Crippen LogP contribution in [0.25, 0.3) is 0 Å². The first-order valence-electron chi connectivity index (χ1n) is 9.27. The summed E-state index contributed by atoms with van der Waals surface area (Å²) in [5.41, 5.74) is 0.477. The molecule has 2 aliphatic rings. The van der Waals surface area contributed by atoms with Crippen molar-refractivity contribution in [1.29, 1.82) is 0 Å². The fourth-order valence-corrected chi connectivity index (χ4v) is 4.10. The van der Waals surface area contributed by atoms with Crippen molar-refractivity contribution in [2.45, 2.75) is 33.1 Å². The number of hydrogen-bond donors (Lipinski definition) is 1. The van der Waals surface area contributed by atoms with Crippen molar-refractivity contribution in [2.24, 2.45) is 11.3 Å². The first-order chi connectivity index (χ1) is 11.2. The maximum absolute atomic E-state index is 4.49. The SMILES string of the molecule is CCN(CC1CCN(c2ccccn2)CC1)CC1(C)CCNC1. The topological polar surface area (TPSA) is 31.4 Å². The molecule has 1 atom stereocenters. The maximum Gasteiger partial charge on any atom is 0.128 e. The predicted molar refractivity (Wildman–Crippen MR) is 96.9 cm³/mol. The fraction of sp³-hybridized carbons (Fsp3) is 0.737. The van der Waals surface area contributed by atoms with Crippen molar-refractivity contribution in [3.8, 4) is 0 Å². The van der Waals surface area contributed by atoms with E-state index < -0.39 is 0 Å². The van der Waals surface area contributed by atoms with Crippen molar-refractivity contribution in [3.05, 3.63) is 24.4 Å². The summed E-state index contributed by atoms with van der Waals surface area (Å²) in [4.78, 5) is 9.62. The third-order valence-corrected chi connectivity index (χ3v) is 5.61. The van der Waals surface area contributed by atoms with Crippen molar-refractivity contribution >= 4 is 5.82 Å². The molecule has 1 unspecified atom stereocenters. The van der Waals surface area contributed by atoms with Gasteiger partial charge < -0.3 is 15.1 Å². The van der Waals surface area contributed by atoms with Gasteiger partial charge in [-0.05, 0) is 55.8 Å². The quantitative estimate of drug-likeness (QED) is 0.874. The highest BCUT2D eigenvalue weighted by Gasteiger charge is 2.31. The van der Waals surface area contributed by atoms with Crippen LogP contribution in [0, 0.1) is 11.3 Å². The minimum absolute atomic E-state index is 0.477. The third-order valence-electron chi connectivity index (χ3n) is 5.61. The van der Waals surface area contributed by atoms with Crippen LogP contribution in [-0.4, -0.2) is 55.7 Å². The highest BCUT2D eigenvalue weighted by molar-refractivity contribution is 5.37. The lowest BCUT2D eigenvalue weighted by Gasteiger charge is -2.37. The standard InChI is InChI=1S/C19H32N4/c1-3-22(16-19(2)9-11-20-15-19)14-17-7-12-23(13-8-17)18-6-4-5-10-21-18/h4-6,10,17,20H,3,7-9,11-16H2,1-2H3. The molecule has 1 aromatic rings. The van der Waals surface area contributed by atoms with Crippen LogP contribution in [0.15, 0.2) is 24.4 Å². The fourth-order valence-electron chi connectivity index (χ4n) is 4.10. The van der Waals surface area contributed by atoms with Gasteiger partial charge in [-0.1, -0.05) is 19.9 Å². The molecule has 3 heterocycles. The van der Waals surface area contributed by atoms with E-state index >= 15 is 0 Å². The molecule has 23 heavy (non-hydrogen) atoms. The highest BCUT2D eigenvalue weighted by Crippen LogP contribution is 2.27. The molecule has 1 N–H and O–H groups in total. The second-order valence-electron chi connectivity index (χ2n) is 7.68. The second-order valence-corrected chi connectivity index (χ2v) is 7.68. The average Bonchev–Trinajstić information content (AvgIpc) is 3.02. The molecule has 0 spiro atoms. The molecule has 2 saturated heterocycles. The molecule has 2 fully saturated rings. The molecule has 4 heteroatoms. The molecule has 0 radical (unpaired) electrons. The molecule has 0 bridgehead atoms. The Kier molecular flexibility index (Phi) is 5.54. The van der Waals surface area contributed by atoms with Crippen LogP contribution in [0.2, 0.25) is 0 Å². The van der Waals surface area contributed by atoms with E-state index in [1.54, 1.807) is 0 Å². The van der Waals surface area contributed by atoms with Crippen LogP contribution in [-0.2, 0) is 0 Å². The van der Waals surface area contributed by atoms with Crippen LogP contribution in [0.1, 0.15) is 33.1 Å². The van der Waals surface area contributed by atoms with Crippen molar-refractivity contribution in [1.82, 2.24) is 15.2 Å². The summed E-state index contributed by atoms with van der Waals surface area (Å²) in [6, 6.07) is 6.21. The molecule has 0 aromatic carbocycles. The largest absolute Gasteiger partial charge is 0.357 e. The van der Waals surface area contributed by atoms with Gasteiger partial charge in [0.05, 0.1) is 0 Å². The van der Waals surface area contributed by atoms with Gasteiger partial charge in [0.25, 0.3) is 0 Å². The van der Waals surface area contributed by atoms with Gasteiger partial charge in [-0.3, -0.25) is 0 Å². The number of hydrogen-bond acceptors (Lipinski definition) is 4. The van der Waals surface area contributed by atoms with E-state index in [1.807, 2.05) is 12.3 Å². The average molecular weight is 316 g/mol. The first kappa shape index (κ1) is 16.7. The number of nitrogens with zero attached hydrogens (tertiary/aromatic N) is 3. The van der Waals surface area contributed by atoms with Crippen LogP contribution in [0.5, 0.6) is 0 Å². The Hall–Kier alpha value is -1.13. The smallest absolute Gasteiger partial charge is 0.128 e. The normalized spacial score (nSPS) is 26.1. The zero-order chi connectivity index (χ0) is 16.1. The number of aromatic nitrogens is 1. The minimum atomic E-state index is 0.477. The molecular formula is C19H32N4. The summed E-state index contributed by atoms with van der Waals surface area (Å²) in [6.45, 7) is 13.1. The first-order valence-corrected chi connectivity index (χ1v) is 9.27. The Bertz CT molecular complexity index is 462. The third kappa shape index (κ3) is 4.45. The van der Waals surface area contributed by atoms with E-state index in [1.165, 1.54) is 52.0 Å². The molecule has 0 amide bonds. The molecule has 4 nitrogen and oxygen atoms in total. The molecule has 128 valence electrons. The summed E-state index contributed by atoms with van der Waals surface area (Å²) in [5.74, 6) is 1.98. The number of pyridine rings is 1. The van der Waals surface area contributed by atoms with Crippen molar-refractivity contribution in [2.75, 3.05) is 50.7 Å². The van der Waals surface area contributed by atoms with E-state index in [-0.39, 0.29) is 0 Å². The lowest BCUT2D eigenvalue weighted by molar-refractivity contribution is 0.153. The van der Waals surface area contributed by atoms with E-state index in [0.717, 1.165) is 24.8 Å². The summed E-state index contributed by atoms with van der Waals surface area (Å²) in [6.07, 6.45) is 5.81. The van der Waals surface area contributed by atoms with Crippen LogP contribution < -0.4 is 10.2 Å². The Morgan fingerprint density at radius 3 is 2.78 bits per heavy atom. The Labute approximate surface area is 141 Å². The van der Waals surface area contributed by atoms with Crippen LogP contribution >= 0.6 is 0 Å². The molecule has 2 aliphatic heterocycles. The maximum atomic E-state index is 4.49. The minimum Gasteiger partial charge on any atom is -0.357 e. The molecular weight excluding hydrogens is 284 g/mol. The van der Waals surface area contributed by atoms with Gasteiger partial charge >= 0.3 is 0 Å². The van der Waals surface area contributed by atoms with Gasteiger partial charge in [-0.15, -0.1) is 0 Å². The lowest BCUT2D eigenvalue weighted by atomic mass is 9.88. The molecule has 0 aliphatic carbocycles. The number of anilines is 1. The van der Waals surface area contributed by atoms with Crippen LogP contribution in [0.4, 0.5) is 5.82 Å². The second kappa shape index (κ2) is 7.63. The lowest BCUT2D eigenvalue weighted by Crippen LogP contribution is -2.43. The van der Waals surface area contributed by atoms with E-state index in [2.05, 4.69) is 46.1 Å². The monoisotopic (exact) mass is 316 g/mol. The van der Waals surface area contributed by atoms with Gasteiger partial charge in [0.15, 0.2) is 0 Å². The number of nitrogens with one attached hydrogen (secondary N) is 1. The van der Waals surface area contributed by atoms with Gasteiger partial charge in [-0.25, -0.2) is 4.98 Å². The van der Waals surface area contributed by atoms with Gasteiger partial charge in [0.1, 0.15) is 5.82 Å². The Morgan fingerprint density at radius 2 is 2.17 bits per heavy atom. The summed E-state index contributed by atoms with van der Waals surface area (Å²) in [7, 11) is 0. The Morgan fingerprint density at radius 1 is 1.35 bits per heavy atom. The van der Waals surface area contributed by atoms with Crippen molar-refractivity contribution in [3.63, 3.8) is 0 Å². The molecule has 1 aromatic heterocycles. The van der Waals surface area contributed by atoms with E-state index in [4.69, 9.17) is 0 Å². The molecule has 3 rings (SSSR count). The molecule has 0 saturated carbocycles. The summed E-state index contributed by atoms with van der Waals surface area (Å²) in [5, 5.41) is 3.53. The van der Waals surface area contributed by atoms with Gasteiger partial charge in [0, 0.05) is 38.9 Å². The zero-order valence-corrected chi connectivity index (χ0v) is 14.8. The van der Waals surface area contributed by atoms with Crippen LogP contribution in [0.3, 0.4) is 0 Å². The Balaban J connectivity index is 1.47. The number of piperidine rings is 1. The zero-order valence-electron chi connectivity index (χ0n) is 14.8.